The van der Waals surface area contributed by atoms with E-state index in [0.717, 1.165) is 0 Å². The molecule has 9 heavy (non-hydrogen) atoms. The normalized spacial score (nSPS) is 18.0. The molecule has 0 radical (unpaired) electrons. The summed E-state index contributed by atoms with van der Waals surface area (Å²) < 4.78 is 23.1. The number of alkyl halides is 2. The largest absolute Gasteiger partial charge is 0.387 e. The van der Waals surface area contributed by atoms with Gasteiger partial charge < -0.3 is 10.8 Å². The Balaban J connectivity index is 3.58. The van der Waals surface area contributed by atoms with E-state index in [1.807, 2.05) is 0 Å². The Bertz CT molecular complexity index is 79.4. The fourth-order valence-electron chi connectivity index (χ4n) is 0.388. The molecule has 56 valence electrons. The average molecular weight is 139 g/mol. The molecule has 0 rings (SSSR count). The van der Waals surface area contributed by atoms with Gasteiger partial charge >= 0.3 is 0 Å². The Morgan fingerprint density at radius 2 is 2.00 bits per heavy atom. The second-order valence-corrected chi connectivity index (χ2v) is 2.04. The number of rotatable bonds is 3. The lowest BCUT2D eigenvalue weighted by atomic mass is 10.1. The van der Waals surface area contributed by atoms with Crippen LogP contribution in [0.1, 0.15) is 6.92 Å². The van der Waals surface area contributed by atoms with Crippen molar-refractivity contribution in [1.82, 2.24) is 0 Å². The zero-order valence-electron chi connectivity index (χ0n) is 5.22. The molecule has 2 atom stereocenters. The number of aliphatic hydroxyl groups is 1. The van der Waals surface area contributed by atoms with Gasteiger partial charge in [-0.3, -0.25) is 0 Å². The summed E-state index contributed by atoms with van der Waals surface area (Å²) in [5.74, 6) is -0.523. The molecule has 0 aliphatic heterocycles. The summed E-state index contributed by atoms with van der Waals surface area (Å²) in [5.41, 5.74) is 5.02. The molecule has 0 spiro atoms. The zero-order valence-corrected chi connectivity index (χ0v) is 5.22. The Kier molecular flexibility index (Phi) is 3.65. The molecule has 4 heteroatoms. The van der Waals surface area contributed by atoms with Crippen LogP contribution in [0.2, 0.25) is 0 Å². The van der Waals surface area contributed by atoms with Gasteiger partial charge in [0, 0.05) is 0 Å². The Labute approximate surface area is 52.7 Å². The first-order valence-electron chi connectivity index (χ1n) is 2.76. The molecule has 0 aromatic rings. The second kappa shape index (κ2) is 3.74. The first-order valence-corrected chi connectivity index (χ1v) is 2.76. The third kappa shape index (κ3) is 2.72. The van der Waals surface area contributed by atoms with Crippen molar-refractivity contribution in [2.45, 2.75) is 19.5 Å². The number of nitrogens with two attached hydrogens (primary N) is 1. The fourth-order valence-corrected chi connectivity index (χ4v) is 0.388. The van der Waals surface area contributed by atoms with Crippen LogP contribution in [0.4, 0.5) is 8.78 Å². The van der Waals surface area contributed by atoms with Crippen molar-refractivity contribution in [1.29, 1.82) is 0 Å². The van der Waals surface area contributed by atoms with E-state index in [1.165, 1.54) is 6.92 Å². The van der Waals surface area contributed by atoms with Gasteiger partial charge in [0.2, 0.25) is 0 Å². The standard InChI is InChI=1S/C5H11F2NO/c1-3(2-8)4(9)5(6)7/h3-5,9H,2,8H2,1H3. The maximum Gasteiger partial charge on any atom is 0.264 e. The van der Waals surface area contributed by atoms with Gasteiger partial charge in [-0.15, -0.1) is 0 Å². The summed E-state index contributed by atoms with van der Waals surface area (Å²) >= 11 is 0. The van der Waals surface area contributed by atoms with Crippen molar-refractivity contribution in [2.24, 2.45) is 11.7 Å². The van der Waals surface area contributed by atoms with E-state index in [2.05, 4.69) is 0 Å². The van der Waals surface area contributed by atoms with Crippen molar-refractivity contribution in [2.75, 3.05) is 6.54 Å². The highest BCUT2D eigenvalue weighted by molar-refractivity contribution is 4.66. The number of hydrogen-bond acceptors (Lipinski definition) is 2. The number of hydrogen-bond donors (Lipinski definition) is 2. The first-order chi connectivity index (χ1) is 4.09. The van der Waals surface area contributed by atoms with Gasteiger partial charge in [0.15, 0.2) is 0 Å². The summed E-state index contributed by atoms with van der Waals surface area (Å²) in [6.45, 7) is 1.57. The molecule has 0 aromatic heterocycles. The molecule has 0 aromatic carbocycles. The lowest BCUT2D eigenvalue weighted by Gasteiger charge is -2.14. The van der Waals surface area contributed by atoms with Crippen LogP contribution in [0.25, 0.3) is 0 Å². The topological polar surface area (TPSA) is 46.2 Å². The highest BCUT2D eigenvalue weighted by Crippen LogP contribution is 2.09. The highest BCUT2D eigenvalue weighted by atomic mass is 19.3. The van der Waals surface area contributed by atoms with E-state index >= 15 is 0 Å². The van der Waals surface area contributed by atoms with Gasteiger partial charge in [0.05, 0.1) is 0 Å². The van der Waals surface area contributed by atoms with E-state index in [0.29, 0.717) is 0 Å². The maximum absolute atomic E-state index is 11.6. The summed E-state index contributed by atoms with van der Waals surface area (Å²) in [6.07, 6.45) is -4.25. The van der Waals surface area contributed by atoms with Crippen LogP contribution in [-0.4, -0.2) is 24.2 Å². The summed E-state index contributed by atoms with van der Waals surface area (Å²) in [4.78, 5) is 0. The van der Waals surface area contributed by atoms with E-state index < -0.39 is 18.4 Å². The smallest absolute Gasteiger partial charge is 0.264 e. The van der Waals surface area contributed by atoms with E-state index in [-0.39, 0.29) is 6.54 Å². The second-order valence-electron chi connectivity index (χ2n) is 2.04. The van der Waals surface area contributed by atoms with E-state index in [9.17, 15) is 8.78 Å². The lowest BCUT2D eigenvalue weighted by Crippen LogP contribution is -2.31. The van der Waals surface area contributed by atoms with Gasteiger partial charge in [-0.05, 0) is 12.5 Å². The van der Waals surface area contributed by atoms with E-state index in [1.54, 1.807) is 0 Å². The Hall–Kier alpha value is -0.220. The molecule has 0 fully saturated rings. The molecule has 0 amide bonds. The zero-order chi connectivity index (χ0) is 7.44. The minimum absolute atomic E-state index is 0.0888. The van der Waals surface area contributed by atoms with Crippen LogP contribution < -0.4 is 5.73 Å². The average Bonchev–Trinajstić information content (AvgIpc) is 1.84. The molecule has 2 unspecified atom stereocenters. The van der Waals surface area contributed by atoms with E-state index in [4.69, 9.17) is 10.8 Å². The van der Waals surface area contributed by atoms with Crippen molar-refractivity contribution < 1.29 is 13.9 Å². The summed E-state index contributed by atoms with van der Waals surface area (Å²) in [6, 6.07) is 0. The summed E-state index contributed by atoms with van der Waals surface area (Å²) in [5, 5.41) is 8.56. The van der Waals surface area contributed by atoms with Crippen molar-refractivity contribution in [3.05, 3.63) is 0 Å². The fraction of sp³-hybridized carbons (Fsp3) is 1.00. The first kappa shape index (κ1) is 8.78. The summed E-state index contributed by atoms with van der Waals surface area (Å²) in [7, 11) is 0. The number of aliphatic hydroxyl groups excluding tert-OH is 1. The lowest BCUT2D eigenvalue weighted by molar-refractivity contribution is -0.0321. The highest BCUT2D eigenvalue weighted by Gasteiger charge is 2.22. The minimum Gasteiger partial charge on any atom is -0.387 e. The van der Waals surface area contributed by atoms with Crippen molar-refractivity contribution >= 4 is 0 Å². The van der Waals surface area contributed by atoms with Crippen LogP contribution >= 0.6 is 0 Å². The molecular weight excluding hydrogens is 128 g/mol. The minimum atomic E-state index is -2.68. The van der Waals surface area contributed by atoms with Crippen LogP contribution in [0.5, 0.6) is 0 Å². The third-order valence-corrected chi connectivity index (χ3v) is 1.21. The van der Waals surface area contributed by atoms with Gasteiger partial charge in [-0.25, -0.2) is 8.78 Å². The van der Waals surface area contributed by atoms with Crippen LogP contribution in [0.3, 0.4) is 0 Å². The van der Waals surface area contributed by atoms with Crippen LogP contribution in [-0.2, 0) is 0 Å². The van der Waals surface area contributed by atoms with Gasteiger partial charge in [0.25, 0.3) is 6.43 Å². The molecule has 0 saturated carbocycles. The molecule has 0 bridgehead atoms. The van der Waals surface area contributed by atoms with Crippen molar-refractivity contribution in [3.63, 3.8) is 0 Å². The maximum atomic E-state index is 11.6. The molecule has 0 aliphatic rings. The van der Waals surface area contributed by atoms with Crippen molar-refractivity contribution in [3.8, 4) is 0 Å². The monoisotopic (exact) mass is 139 g/mol. The van der Waals surface area contributed by atoms with Gasteiger partial charge in [0.1, 0.15) is 6.10 Å². The quantitative estimate of drug-likeness (QED) is 0.587. The van der Waals surface area contributed by atoms with Crippen LogP contribution in [0, 0.1) is 5.92 Å². The molecule has 0 saturated heterocycles. The molecule has 0 aliphatic carbocycles. The van der Waals surface area contributed by atoms with Crippen LogP contribution in [0.15, 0.2) is 0 Å². The number of halogens is 2. The predicted octanol–water partition coefficient (Wildman–Crippen LogP) is 0.207. The SMILES string of the molecule is CC(CN)C(O)C(F)F. The van der Waals surface area contributed by atoms with Gasteiger partial charge in [-0.1, -0.05) is 6.92 Å². The van der Waals surface area contributed by atoms with Gasteiger partial charge in [-0.2, -0.15) is 0 Å². The molecule has 2 nitrogen and oxygen atoms in total. The third-order valence-electron chi connectivity index (χ3n) is 1.21. The molecular formula is C5H11F2NO. The molecule has 0 heterocycles. The predicted molar refractivity (Wildman–Crippen MR) is 30.2 cm³/mol. The Morgan fingerprint density at radius 3 is 2.11 bits per heavy atom. The molecule has 3 N–H and O–H groups in total. The Morgan fingerprint density at radius 1 is 1.56 bits per heavy atom.